The van der Waals surface area contributed by atoms with Gasteiger partial charge in [-0.25, -0.2) is 0 Å². The summed E-state index contributed by atoms with van der Waals surface area (Å²) in [7, 11) is 0. The van der Waals surface area contributed by atoms with E-state index in [2.05, 4.69) is 97.8 Å². The highest BCUT2D eigenvalue weighted by Gasteiger charge is 2.02. The Kier molecular flexibility index (Phi) is 7.89. The predicted molar refractivity (Wildman–Crippen MR) is 105 cm³/mol. The first-order chi connectivity index (χ1) is 11.8. The largest absolute Gasteiger partial charge is 0.369 e. The Hall–Kier alpha value is -2.28. The number of hydrogen-bond donors (Lipinski definition) is 0. The van der Waals surface area contributed by atoms with Crippen molar-refractivity contribution < 1.29 is 0 Å². The molecule has 0 aliphatic rings. The minimum atomic E-state index is 0.925. The molecule has 2 aromatic rings. The molecule has 0 unspecified atom stereocenters. The summed E-state index contributed by atoms with van der Waals surface area (Å²) in [6.07, 6.45) is 10.4. The molecular formula is C23H29N. The van der Waals surface area contributed by atoms with Gasteiger partial charge >= 0.3 is 0 Å². The molecule has 0 aliphatic heterocycles. The Morgan fingerprint density at radius 1 is 0.875 bits per heavy atom. The van der Waals surface area contributed by atoms with E-state index in [1.807, 2.05) is 0 Å². The molecule has 0 saturated carbocycles. The summed E-state index contributed by atoms with van der Waals surface area (Å²) in [4.78, 5) is 2.37. The third-order valence-electron chi connectivity index (χ3n) is 4.06. The maximum absolute atomic E-state index is 2.37. The van der Waals surface area contributed by atoms with Crippen LogP contribution in [0.15, 0.2) is 84.6 Å². The topological polar surface area (TPSA) is 3.24 Å². The Labute approximate surface area is 147 Å². The van der Waals surface area contributed by atoms with Gasteiger partial charge in [0.2, 0.25) is 0 Å². The van der Waals surface area contributed by atoms with E-state index in [1.54, 1.807) is 0 Å². The van der Waals surface area contributed by atoms with Crippen molar-refractivity contribution in [1.82, 2.24) is 4.90 Å². The van der Waals surface area contributed by atoms with Crippen LogP contribution in [0.25, 0.3) is 0 Å². The first kappa shape index (κ1) is 18.1. The first-order valence-corrected chi connectivity index (χ1v) is 8.94. The molecule has 0 heterocycles. The van der Waals surface area contributed by atoms with Gasteiger partial charge in [0.1, 0.15) is 0 Å². The smallest absolute Gasteiger partial charge is 0.0427 e. The normalized spacial score (nSPS) is 11.8. The van der Waals surface area contributed by atoms with E-state index in [1.165, 1.54) is 36.0 Å². The molecule has 0 saturated heterocycles. The molecule has 2 rings (SSSR count). The van der Waals surface area contributed by atoms with Gasteiger partial charge in [0.25, 0.3) is 0 Å². The van der Waals surface area contributed by atoms with Gasteiger partial charge in [-0.2, -0.15) is 0 Å². The summed E-state index contributed by atoms with van der Waals surface area (Å²) < 4.78 is 0. The van der Waals surface area contributed by atoms with E-state index in [0.29, 0.717) is 0 Å². The molecule has 0 spiro atoms. The molecule has 0 atom stereocenters. The lowest BCUT2D eigenvalue weighted by Crippen LogP contribution is -2.16. The Morgan fingerprint density at radius 2 is 1.42 bits per heavy atom. The summed E-state index contributed by atoms with van der Waals surface area (Å²) >= 11 is 0. The highest BCUT2D eigenvalue weighted by atomic mass is 15.1. The first-order valence-electron chi connectivity index (χ1n) is 8.94. The van der Waals surface area contributed by atoms with Gasteiger partial charge < -0.3 is 4.90 Å². The molecule has 0 aliphatic carbocycles. The summed E-state index contributed by atoms with van der Waals surface area (Å²) in [5.41, 5.74) is 4.13. The van der Waals surface area contributed by atoms with E-state index in [4.69, 9.17) is 0 Å². The molecule has 0 bridgehead atoms. The molecule has 126 valence electrons. The summed E-state index contributed by atoms with van der Waals surface area (Å²) in [5, 5.41) is 0. The lowest BCUT2D eigenvalue weighted by atomic mass is 10.1. The molecule has 0 aromatic heterocycles. The molecule has 0 radical (unpaired) electrons. The third kappa shape index (κ3) is 6.87. The van der Waals surface area contributed by atoms with E-state index in [-0.39, 0.29) is 0 Å². The van der Waals surface area contributed by atoms with Gasteiger partial charge in [0.15, 0.2) is 0 Å². The van der Waals surface area contributed by atoms with Crippen molar-refractivity contribution >= 4 is 0 Å². The van der Waals surface area contributed by atoms with E-state index < -0.39 is 0 Å². The average Bonchev–Trinajstić information content (AvgIpc) is 2.61. The van der Waals surface area contributed by atoms with Crippen molar-refractivity contribution in [2.75, 3.05) is 0 Å². The average molecular weight is 319 g/mol. The molecule has 1 heteroatoms. The minimum Gasteiger partial charge on any atom is -0.369 e. The maximum atomic E-state index is 2.37. The number of unbranched alkanes of at least 4 members (excludes halogenated alkanes) is 1. The van der Waals surface area contributed by atoms with Gasteiger partial charge in [-0.05, 0) is 43.2 Å². The molecule has 0 amide bonds. The Morgan fingerprint density at radius 3 is 1.92 bits per heavy atom. The van der Waals surface area contributed by atoms with Crippen LogP contribution < -0.4 is 0 Å². The van der Waals surface area contributed by atoms with E-state index >= 15 is 0 Å². The molecular weight excluding hydrogens is 290 g/mol. The van der Waals surface area contributed by atoms with Crippen molar-refractivity contribution in [3.8, 4) is 0 Å². The standard InChI is InChI=1S/C23H29N/c1-3-4-12-21(2)13-11-18-24(19-22-14-7-5-8-15-22)20-23-16-9-6-10-17-23/h5-11,13-18H,3-4,12,19-20H2,1-2H3/b18-11+,21-13+. The van der Waals surface area contributed by atoms with Crippen molar-refractivity contribution in [2.45, 2.75) is 46.2 Å². The third-order valence-corrected chi connectivity index (χ3v) is 4.06. The second kappa shape index (κ2) is 10.5. The number of nitrogens with zero attached hydrogens (tertiary/aromatic N) is 1. The van der Waals surface area contributed by atoms with Crippen molar-refractivity contribution in [1.29, 1.82) is 0 Å². The fourth-order valence-corrected chi connectivity index (χ4v) is 2.67. The highest BCUT2D eigenvalue weighted by Crippen LogP contribution is 2.11. The van der Waals surface area contributed by atoms with Crippen molar-refractivity contribution in [2.24, 2.45) is 0 Å². The van der Waals surface area contributed by atoms with Crippen LogP contribution in [-0.4, -0.2) is 4.90 Å². The van der Waals surface area contributed by atoms with Crippen LogP contribution in [-0.2, 0) is 13.1 Å². The van der Waals surface area contributed by atoms with Gasteiger partial charge in [-0.3, -0.25) is 0 Å². The predicted octanol–water partition coefficient (Wildman–Crippen LogP) is 6.34. The van der Waals surface area contributed by atoms with Gasteiger partial charge in [0.05, 0.1) is 0 Å². The van der Waals surface area contributed by atoms with Crippen LogP contribution in [0, 0.1) is 0 Å². The molecule has 2 aromatic carbocycles. The van der Waals surface area contributed by atoms with Crippen LogP contribution in [0.5, 0.6) is 0 Å². The van der Waals surface area contributed by atoms with Crippen LogP contribution in [0.1, 0.15) is 44.2 Å². The SMILES string of the molecule is CCCC/C(C)=C/C=C/N(Cc1ccccc1)Cc1ccccc1. The molecule has 0 N–H and O–H groups in total. The zero-order chi connectivity index (χ0) is 17.0. The monoisotopic (exact) mass is 319 g/mol. The fraction of sp³-hybridized carbons (Fsp3) is 0.304. The Balaban J connectivity index is 2.04. The van der Waals surface area contributed by atoms with Gasteiger partial charge in [-0.15, -0.1) is 0 Å². The van der Waals surface area contributed by atoms with E-state index in [0.717, 1.165) is 13.1 Å². The number of hydrogen-bond acceptors (Lipinski definition) is 1. The summed E-state index contributed by atoms with van der Waals surface area (Å²) in [5.74, 6) is 0. The maximum Gasteiger partial charge on any atom is 0.0427 e. The second-order valence-electron chi connectivity index (χ2n) is 6.33. The van der Waals surface area contributed by atoms with Gasteiger partial charge in [0, 0.05) is 13.1 Å². The minimum absolute atomic E-state index is 0.925. The van der Waals surface area contributed by atoms with Crippen LogP contribution >= 0.6 is 0 Å². The number of rotatable bonds is 9. The summed E-state index contributed by atoms with van der Waals surface area (Å²) in [6, 6.07) is 21.3. The van der Waals surface area contributed by atoms with Crippen LogP contribution in [0.3, 0.4) is 0 Å². The van der Waals surface area contributed by atoms with Crippen LogP contribution in [0.4, 0.5) is 0 Å². The van der Waals surface area contributed by atoms with Crippen LogP contribution in [0.2, 0.25) is 0 Å². The number of allylic oxidation sites excluding steroid dienone is 3. The molecule has 0 fully saturated rings. The molecule has 24 heavy (non-hydrogen) atoms. The lowest BCUT2D eigenvalue weighted by Gasteiger charge is -2.20. The van der Waals surface area contributed by atoms with Crippen molar-refractivity contribution in [3.63, 3.8) is 0 Å². The zero-order valence-corrected chi connectivity index (χ0v) is 15.0. The molecule has 1 nitrogen and oxygen atoms in total. The highest BCUT2D eigenvalue weighted by molar-refractivity contribution is 5.19. The quantitative estimate of drug-likeness (QED) is 0.487. The van der Waals surface area contributed by atoms with Crippen molar-refractivity contribution in [3.05, 3.63) is 95.7 Å². The second-order valence-corrected chi connectivity index (χ2v) is 6.33. The number of benzene rings is 2. The lowest BCUT2D eigenvalue weighted by molar-refractivity contribution is 0.362. The van der Waals surface area contributed by atoms with Gasteiger partial charge in [-0.1, -0.05) is 85.7 Å². The van der Waals surface area contributed by atoms with E-state index in [9.17, 15) is 0 Å². The fourth-order valence-electron chi connectivity index (χ4n) is 2.67. The Bertz CT molecular complexity index is 584. The summed E-state index contributed by atoms with van der Waals surface area (Å²) in [6.45, 7) is 6.31. The zero-order valence-electron chi connectivity index (χ0n) is 15.0.